The first-order chi connectivity index (χ1) is 13.0. The number of carbonyl (C=O) groups is 1. The zero-order valence-corrected chi connectivity index (χ0v) is 16.4. The standard InChI is InChI=1S/C21H23ClN4O/c1-15-3-6-18(22)13-20(15)26-11-9-25(10-12-26)16(2)21(27)24-19-7-4-17(14-23)5-8-19/h3-8,13,16H,9-12H2,1-2H3,(H,24,27)/p+1/t16-/m1/s1. The van der Waals surface area contributed by atoms with E-state index < -0.39 is 0 Å². The zero-order valence-electron chi connectivity index (χ0n) is 15.6. The van der Waals surface area contributed by atoms with Crippen molar-refractivity contribution in [3.05, 3.63) is 58.6 Å². The van der Waals surface area contributed by atoms with Gasteiger partial charge in [-0.3, -0.25) is 4.79 Å². The largest absolute Gasteiger partial charge is 0.360 e. The van der Waals surface area contributed by atoms with Crippen LogP contribution in [-0.4, -0.2) is 38.1 Å². The van der Waals surface area contributed by atoms with E-state index in [1.165, 1.54) is 16.2 Å². The minimum absolute atomic E-state index is 0.00194. The molecule has 1 aliphatic rings. The summed E-state index contributed by atoms with van der Waals surface area (Å²) in [6.45, 7) is 7.64. The van der Waals surface area contributed by atoms with Crippen molar-refractivity contribution in [3.63, 3.8) is 0 Å². The van der Waals surface area contributed by atoms with Crippen molar-refractivity contribution < 1.29 is 9.69 Å². The number of anilines is 2. The van der Waals surface area contributed by atoms with Crippen molar-refractivity contribution in [1.82, 2.24) is 0 Å². The summed E-state index contributed by atoms with van der Waals surface area (Å²) in [6.07, 6.45) is 0. The maximum atomic E-state index is 12.6. The highest BCUT2D eigenvalue weighted by Crippen LogP contribution is 2.24. The van der Waals surface area contributed by atoms with Crippen LogP contribution in [0.5, 0.6) is 0 Å². The van der Waals surface area contributed by atoms with E-state index in [1.54, 1.807) is 24.3 Å². The van der Waals surface area contributed by atoms with E-state index in [2.05, 4.69) is 23.2 Å². The first-order valence-electron chi connectivity index (χ1n) is 9.14. The zero-order chi connectivity index (χ0) is 19.4. The fourth-order valence-electron chi connectivity index (χ4n) is 3.46. The summed E-state index contributed by atoms with van der Waals surface area (Å²) >= 11 is 6.15. The molecule has 0 aromatic heterocycles. The number of aryl methyl sites for hydroxylation is 1. The summed E-state index contributed by atoms with van der Waals surface area (Å²) in [5.41, 5.74) is 3.70. The van der Waals surface area contributed by atoms with Crippen molar-refractivity contribution in [3.8, 4) is 6.07 Å². The molecular weight excluding hydrogens is 360 g/mol. The van der Waals surface area contributed by atoms with Crippen LogP contribution in [0.3, 0.4) is 0 Å². The molecule has 0 unspecified atom stereocenters. The van der Waals surface area contributed by atoms with Gasteiger partial charge in [0.1, 0.15) is 0 Å². The lowest BCUT2D eigenvalue weighted by Crippen LogP contribution is -3.19. The van der Waals surface area contributed by atoms with Gasteiger partial charge in [-0.1, -0.05) is 17.7 Å². The molecule has 2 aromatic carbocycles. The predicted molar refractivity (Wildman–Crippen MR) is 108 cm³/mol. The molecule has 1 fully saturated rings. The van der Waals surface area contributed by atoms with E-state index in [0.717, 1.165) is 36.9 Å². The summed E-state index contributed by atoms with van der Waals surface area (Å²) in [6, 6.07) is 14.9. The van der Waals surface area contributed by atoms with Crippen LogP contribution >= 0.6 is 11.6 Å². The van der Waals surface area contributed by atoms with Gasteiger partial charge in [0.25, 0.3) is 5.91 Å². The number of amides is 1. The normalized spacial score (nSPS) is 15.9. The van der Waals surface area contributed by atoms with Crippen LogP contribution in [0.1, 0.15) is 18.1 Å². The Morgan fingerprint density at radius 2 is 1.89 bits per heavy atom. The first-order valence-corrected chi connectivity index (χ1v) is 9.52. The third-order valence-electron chi connectivity index (χ3n) is 5.20. The summed E-state index contributed by atoms with van der Waals surface area (Å²) in [5.74, 6) is 0.00194. The number of halogens is 1. The number of nitriles is 1. The second kappa shape index (κ2) is 8.43. The van der Waals surface area contributed by atoms with E-state index in [1.807, 2.05) is 25.1 Å². The predicted octanol–water partition coefficient (Wildman–Crippen LogP) is 2.25. The second-order valence-electron chi connectivity index (χ2n) is 6.98. The lowest BCUT2D eigenvalue weighted by Gasteiger charge is -2.36. The molecule has 5 nitrogen and oxygen atoms in total. The SMILES string of the molecule is Cc1ccc(Cl)cc1N1CC[NH+]([C@H](C)C(=O)Nc2ccc(C#N)cc2)CC1. The Balaban J connectivity index is 1.57. The van der Waals surface area contributed by atoms with Gasteiger partial charge in [0.15, 0.2) is 6.04 Å². The molecule has 1 aliphatic heterocycles. The average molecular weight is 384 g/mol. The Kier molecular flexibility index (Phi) is 6.00. The number of nitrogens with zero attached hydrogens (tertiary/aromatic N) is 2. The van der Waals surface area contributed by atoms with Gasteiger partial charge in [-0.15, -0.1) is 0 Å². The molecular formula is C21H24ClN4O+. The van der Waals surface area contributed by atoms with E-state index in [4.69, 9.17) is 16.9 Å². The second-order valence-corrected chi connectivity index (χ2v) is 7.41. The number of carbonyl (C=O) groups excluding carboxylic acids is 1. The van der Waals surface area contributed by atoms with Crippen molar-refractivity contribution in [2.24, 2.45) is 0 Å². The fourth-order valence-corrected chi connectivity index (χ4v) is 3.62. The number of benzene rings is 2. The van der Waals surface area contributed by atoms with E-state index >= 15 is 0 Å². The molecule has 0 saturated carbocycles. The van der Waals surface area contributed by atoms with E-state index in [9.17, 15) is 4.79 Å². The fraction of sp³-hybridized carbons (Fsp3) is 0.333. The monoisotopic (exact) mass is 383 g/mol. The molecule has 3 rings (SSSR count). The third kappa shape index (κ3) is 4.60. The summed E-state index contributed by atoms with van der Waals surface area (Å²) in [4.78, 5) is 16.2. The van der Waals surface area contributed by atoms with Crippen molar-refractivity contribution in [1.29, 1.82) is 5.26 Å². The Bertz CT molecular complexity index is 851. The van der Waals surface area contributed by atoms with Crippen LogP contribution in [-0.2, 0) is 4.79 Å². The smallest absolute Gasteiger partial charge is 0.282 e. The number of rotatable bonds is 4. The van der Waals surface area contributed by atoms with Crippen LogP contribution < -0.4 is 15.1 Å². The van der Waals surface area contributed by atoms with Crippen LogP contribution in [0, 0.1) is 18.3 Å². The van der Waals surface area contributed by atoms with Gasteiger partial charge in [-0.05, 0) is 55.8 Å². The van der Waals surface area contributed by atoms with Gasteiger partial charge in [0.2, 0.25) is 0 Å². The molecule has 0 bridgehead atoms. The van der Waals surface area contributed by atoms with Crippen LogP contribution in [0.2, 0.25) is 5.02 Å². The lowest BCUT2D eigenvalue weighted by molar-refractivity contribution is -0.914. The van der Waals surface area contributed by atoms with E-state index in [0.29, 0.717) is 5.56 Å². The molecule has 0 radical (unpaired) electrons. The molecule has 6 heteroatoms. The lowest BCUT2D eigenvalue weighted by atomic mass is 10.1. The first kappa shape index (κ1) is 19.2. The van der Waals surface area contributed by atoms with Gasteiger partial charge in [-0.25, -0.2) is 0 Å². The third-order valence-corrected chi connectivity index (χ3v) is 5.44. The van der Waals surface area contributed by atoms with Crippen LogP contribution in [0.25, 0.3) is 0 Å². The molecule has 27 heavy (non-hydrogen) atoms. The molecule has 1 amide bonds. The number of nitrogens with one attached hydrogen (secondary N) is 2. The molecule has 0 spiro atoms. The Morgan fingerprint density at radius 1 is 1.22 bits per heavy atom. The number of hydrogen-bond donors (Lipinski definition) is 2. The van der Waals surface area contributed by atoms with E-state index in [-0.39, 0.29) is 11.9 Å². The molecule has 2 N–H and O–H groups in total. The highest BCUT2D eigenvalue weighted by atomic mass is 35.5. The number of quaternary nitrogens is 1. The maximum absolute atomic E-state index is 12.6. The summed E-state index contributed by atoms with van der Waals surface area (Å²) < 4.78 is 0. The summed E-state index contributed by atoms with van der Waals surface area (Å²) in [5, 5.41) is 12.6. The van der Waals surface area contributed by atoms with Gasteiger partial charge in [0.05, 0.1) is 37.8 Å². The summed E-state index contributed by atoms with van der Waals surface area (Å²) in [7, 11) is 0. The highest BCUT2D eigenvalue weighted by Gasteiger charge is 2.29. The van der Waals surface area contributed by atoms with Gasteiger partial charge in [-0.2, -0.15) is 5.26 Å². The molecule has 1 atom stereocenters. The van der Waals surface area contributed by atoms with Crippen molar-refractivity contribution in [2.75, 3.05) is 36.4 Å². The van der Waals surface area contributed by atoms with Crippen LogP contribution in [0.15, 0.2) is 42.5 Å². The molecule has 1 saturated heterocycles. The van der Waals surface area contributed by atoms with Crippen LogP contribution in [0.4, 0.5) is 11.4 Å². The molecule has 1 heterocycles. The van der Waals surface area contributed by atoms with Gasteiger partial charge in [0, 0.05) is 16.4 Å². The molecule has 0 aliphatic carbocycles. The molecule has 2 aromatic rings. The van der Waals surface area contributed by atoms with Gasteiger partial charge < -0.3 is 15.1 Å². The number of piperazine rings is 1. The number of hydrogen-bond acceptors (Lipinski definition) is 3. The minimum atomic E-state index is -0.136. The Hall–Kier alpha value is -2.55. The Morgan fingerprint density at radius 3 is 2.52 bits per heavy atom. The maximum Gasteiger partial charge on any atom is 0.282 e. The van der Waals surface area contributed by atoms with Crippen molar-refractivity contribution >= 4 is 28.9 Å². The minimum Gasteiger partial charge on any atom is -0.360 e. The quantitative estimate of drug-likeness (QED) is 0.851. The Labute approximate surface area is 165 Å². The molecule has 140 valence electrons. The van der Waals surface area contributed by atoms with Gasteiger partial charge >= 0.3 is 0 Å². The highest BCUT2D eigenvalue weighted by molar-refractivity contribution is 6.30. The average Bonchev–Trinajstić information content (AvgIpc) is 2.70. The topological polar surface area (TPSA) is 60.6 Å². The van der Waals surface area contributed by atoms with Crippen molar-refractivity contribution in [2.45, 2.75) is 19.9 Å².